The van der Waals surface area contributed by atoms with Crippen LogP contribution in [-0.4, -0.2) is 56.2 Å². The maximum absolute atomic E-state index is 11.8. The van der Waals surface area contributed by atoms with E-state index < -0.39 is 24.5 Å². The lowest BCUT2D eigenvalue weighted by Crippen LogP contribution is -2.37. The number of hydrogen-bond donors (Lipinski definition) is 1. The first-order valence-corrected chi connectivity index (χ1v) is 7.69. The van der Waals surface area contributed by atoms with Crippen molar-refractivity contribution in [3.63, 3.8) is 0 Å². The topological polar surface area (TPSA) is 94.2 Å². The SMILES string of the molecule is C=CCc1ccc(OCC(=O)OCC(=O)N2CCNC2=O)c(OC)c1. The Morgan fingerprint density at radius 2 is 2.12 bits per heavy atom. The van der Waals surface area contributed by atoms with Crippen LogP contribution in [0.5, 0.6) is 11.5 Å². The van der Waals surface area contributed by atoms with Gasteiger partial charge in [-0.25, -0.2) is 9.59 Å². The molecule has 8 nitrogen and oxygen atoms in total. The number of urea groups is 1. The van der Waals surface area contributed by atoms with Gasteiger partial charge in [-0.05, 0) is 24.1 Å². The van der Waals surface area contributed by atoms with Crippen molar-refractivity contribution in [3.8, 4) is 11.5 Å². The van der Waals surface area contributed by atoms with Crippen molar-refractivity contribution >= 4 is 17.9 Å². The predicted octanol–water partition coefficient (Wildman–Crippen LogP) is 0.898. The van der Waals surface area contributed by atoms with Crippen LogP contribution in [-0.2, 0) is 20.7 Å². The zero-order valence-corrected chi connectivity index (χ0v) is 13.9. The molecule has 1 aromatic carbocycles. The second-order valence-corrected chi connectivity index (χ2v) is 5.20. The Balaban J connectivity index is 1.82. The van der Waals surface area contributed by atoms with Gasteiger partial charge in [0.25, 0.3) is 5.91 Å². The van der Waals surface area contributed by atoms with Gasteiger partial charge < -0.3 is 19.5 Å². The fourth-order valence-electron chi connectivity index (χ4n) is 2.23. The summed E-state index contributed by atoms with van der Waals surface area (Å²) in [5.74, 6) is -0.422. The van der Waals surface area contributed by atoms with Crippen LogP contribution in [0.15, 0.2) is 30.9 Å². The molecule has 0 spiro atoms. The lowest BCUT2D eigenvalue weighted by molar-refractivity contribution is -0.152. The molecule has 0 aromatic heterocycles. The minimum absolute atomic E-state index is 0.264. The molecular weight excluding hydrogens is 328 g/mol. The number of ether oxygens (including phenoxy) is 3. The van der Waals surface area contributed by atoms with Gasteiger partial charge in [0, 0.05) is 13.1 Å². The van der Waals surface area contributed by atoms with Crippen molar-refractivity contribution in [1.82, 2.24) is 10.2 Å². The molecule has 0 saturated carbocycles. The van der Waals surface area contributed by atoms with Crippen LogP contribution in [0.4, 0.5) is 4.79 Å². The summed E-state index contributed by atoms with van der Waals surface area (Å²) in [6.07, 6.45) is 2.45. The van der Waals surface area contributed by atoms with Crippen LogP contribution in [0.3, 0.4) is 0 Å². The first kappa shape index (κ1) is 18.3. The van der Waals surface area contributed by atoms with Crippen LogP contribution in [0.25, 0.3) is 0 Å². The molecule has 0 radical (unpaired) electrons. The van der Waals surface area contributed by atoms with Crippen LogP contribution in [0.2, 0.25) is 0 Å². The summed E-state index contributed by atoms with van der Waals surface area (Å²) in [4.78, 5) is 35.8. The number of imide groups is 1. The molecule has 1 fully saturated rings. The molecule has 0 aliphatic carbocycles. The molecule has 2 rings (SSSR count). The molecule has 1 aliphatic heterocycles. The van der Waals surface area contributed by atoms with Crippen LogP contribution in [0, 0.1) is 0 Å². The summed E-state index contributed by atoms with van der Waals surface area (Å²) in [6, 6.07) is 4.82. The van der Waals surface area contributed by atoms with E-state index in [1.165, 1.54) is 7.11 Å². The minimum atomic E-state index is -0.717. The van der Waals surface area contributed by atoms with Gasteiger partial charge >= 0.3 is 12.0 Å². The Hall–Kier alpha value is -3.03. The normalized spacial score (nSPS) is 13.2. The molecule has 0 unspecified atom stereocenters. The predicted molar refractivity (Wildman–Crippen MR) is 88.5 cm³/mol. The number of carbonyl (C=O) groups is 3. The minimum Gasteiger partial charge on any atom is -0.493 e. The molecule has 0 bridgehead atoms. The van der Waals surface area contributed by atoms with E-state index in [2.05, 4.69) is 11.9 Å². The number of hydrogen-bond acceptors (Lipinski definition) is 6. The summed E-state index contributed by atoms with van der Waals surface area (Å²) in [5, 5.41) is 2.49. The fraction of sp³-hybridized carbons (Fsp3) is 0.353. The average Bonchev–Trinajstić information content (AvgIpc) is 3.04. The maximum atomic E-state index is 11.8. The summed E-state index contributed by atoms with van der Waals surface area (Å²) < 4.78 is 15.4. The first-order valence-electron chi connectivity index (χ1n) is 7.69. The molecule has 1 aromatic rings. The number of methoxy groups -OCH3 is 1. The van der Waals surface area contributed by atoms with E-state index >= 15 is 0 Å². The van der Waals surface area contributed by atoms with Crippen LogP contribution < -0.4 is 14.8 Å². The molecule has 1 aliphatic rings. The highest BCUT2D eigenvalue weighted by atomic mass is 16.6. The Labute approximate surface area is 145 Å². The van der Waals surface area contributed by atoms with E-state index in [4.69, 9.17) is 14.2 Å². The third-order valence-corrected chi connectivity index (χ3v) is 3.47. The highest BCUT2D eigenvalue weighted by Crippen LogP contribution is 2.28. The molecule has 1 N–H and O–H groups in total. The van der Waals surface area contributed by atoms with E-state index in [0.717, 1.165) is 10.5 Å². The standard InChI is InChI=1S/C17H20N2O6/c1-3-4-12-5-6-13(14(9-12)23-2)24-11-16(21)25-10-15(20)19-8-7-18-17(19)22/h3,5-6,9H,1,4,7-8,10-11H2,2H3,(H,18,22). The Bertz CT molecular complexity index is 673. The van der Waals surface area contributed by atoms with Crippen molar-refractivity contribution in [1.29, 1.82) is 0 Å². The number of nitrogens with zero attached hydrogens (tertiary/aromatic N) is 1. The van der Waals surface area contributed by atoms with E-state index in [1.807, 2.05) is 6.07 Å². The average molecular weight is 348 g/mol. The molecule has 1 saturated heterocycles. The highest BCUT2D eigenvalue weighted by Gasteiger charge is 2.26. The number of amides is 3. The number of carbonyl (C=O) groups excluding carboxylic acids is 3. The van der Waals surface area contributed by atoms with Crippen molar-refractivity contribution in [3.05, 3.63) is 36.4 Å². The zero-order chi connectivity index (χ0) is 18.2. The molecule has 25 heavy (non-hydrogen) atoms. The van der Waals surface area contributed by atoms with Crippen molar-refractivity contribution in [2.24, 2.45) is 0 Å². The van der Waals surface area contributed by atoms with Crippen molar-refractivity contribution < 1.29 is 28.6 Å². The fourth-order valence-corrected chi connectivity index (χ4v) is 2.23. The molecule has 0 atom stereocenters. The lowest BCUT2D eigenvalue weighted by atomic mass is 10.1. The largest absolute Gasteiger partial charge is 0.493 e. The zero-order valence-electron chi connectivity index (χ0n) is 13.9. The summed E-state index contributed by atoms with van der Waals surface area (Å²) in [5.41, 5.74) is 0.997. The van der Waals surface area contributed by atoms with Crippen molar-refractivity contribution in [2.75, 3.05) is 33.4 Å². The quantitative estimate of drug-likeness (QED) is 0.554. The van der Waals surface area contributed by atoms with E-state index in [-0.39, 0.29) is 13.2 Å². The van der Waals surface area contributed by atoms with Crippen LogP contribution >= 0.6 is 0 Å². The Morgan fingerprint density at radius 3 is 2.76 bits per heavy atom. The Kier molecular flexibility index (Phi) is 6.39. The molecular formula is C17H20N2O6. The number of rotatable bonds is 8. The van der Waals surface area contributed by atoms with Gasteiger partial charge in [0.15, 0.2) is 24.7 Å². The number of nitrogens with one attached hydrogen (secondary N) is 1. The maximum Gasteiger partial charge on any atom is 0.344 e. The third kappa shape index (κ3) is 4.97. The van der Waals surface area contributed by atoms with Gasteiger partial charge in [-0.1, -0.05) is 12.1 Å². The van der Waals surface area contributed by atoms with Gasteiger partial charge in [0.05, 0.1) is 7.11 Å². The van der Waals surface area contributed by atoms with Crippen molar-refractivity contribution in [2.45, 2.75) is 6.42 Å². The number of benzene rings is 1. The Morgan fingerprint density at radius 1 is 1.32 bits per heavy atom. The number of esters is 1. The smallest absolute Gasteiger partial charge is 0.344 e. The van der Waals surface area contributed by atoms with Crippen LogP contribution in [0.1, 0.15) is 5.56 Å². The molecule has 8 heteroatoms. The van der Waals surface area contributed by atoms with E-state index in [9.17, 15) is 14.4 Å². The monoisotopic (exact) mass is 348 g/mol. The lowest BCUT2D eigenvalue weighted by Gasteiger charge is -2.13. The number of allylic oxidation sites excluding steroid dienone is 1. The molecule has 3 amide bonds. The van der Waals surface area contributed by atoms with E-state index in [1.54, 1.807) is 18.2 Å². The second-order valence-electron chi connectivity index (χ2n) is 5.20. The van der Waals surface area contributed by atoms with Gasteiger partial charge in [-0.2, -0.15) is 0 Å². The van der Waals surface area contributed by atoms with E-state index in [0.29, 0.717) is 24.5 Å². The summed E-state index contributed by atoms with van der Waals surface area (Å²) in [7, 11) is 1.50. The summed E-state index contributed by atoms with van der Waals surface area (Å²) >= 11 is 0. The highest BCUT2D eigenvalue weighted by molar-refractivity contribution is 5.96. The van der Waals surface area contributed by atoms with Gasteiger partial charge in [0.1, 0.15) is 0 Å². The van der Waals surface area contributed by atoms with Gasteiger partial charge in [0.2, 0.25) is 0 Å². The first-order chi connectivity index (χ1) is 12.0. The molecule has 1 heterocycles. The second kappa shape index (κ2) is 8.72. The van der Waals surface area contributed by atoms with Gasteiger partial charge in [-0.3, -0.25) is 9.69 Å². The third-order valence-electron chi connectivity index (χ3n) is 3.47. The molecule has 134 valence electrons. The summed E-state index contributed by atoms with van der Waals surface area (Å²) in [6.45, 7) is 3.44. The van der Waals surface area contributed by atoms with Gasteiger partial charge in [-0.15, -0.1) is 6.58 Å².